The van der Waals surface area contributed by atoms with Gasteiger partial charge in [0.2, 0.25) is 0 Å². The van der Waals surface area contributed by atoms with Gasteiger partial charge in [0.15, 0.2) is 11.6 Å². The van der Waals surface area contributed by atoms with Crippen LogP contribution in [0.3, 0.4) is 0 Å². The van der Waals surface area contributed by atoms with E-state index < -0.39 is 17.5 Å². The molecule has 0 radical (unpaired) electrons. The van der Waals surface area contributed by atoms with Gasteiger partial charge in [-0.25, -0.2) is 13.2 Å². The summed E-state index contributed by atoms with van der Waals surface area (Å²) in [7, 11) is 0. The summed E-state index contributed by atoms with van der Waals surface area (Å²) in [5, 5.41) is 0. The van der Waals surface area contributed by atoms with Crippen molar-refractivity contribution in [3.63, 3.8) is 0 Å². The van der Waals surface area contributed by atoms with Crippen LogP contribution >= 0.6 is 22.6 Å². The van der Waals surface area contributed by atoms with Gasteiger partial charge in [0.1, 0.15) is 18.2 Å². The predicted octanol–water partition coefficient (Wildman–Crippen LogP) is 4.60. The zero-order chi connectivity index (χ0) is 14.0. The fraction of sp³-hybridized carbons (Fsp3) is 0.143. The molecule has 0 fully saturated rings. The van der Waals surface area contributed by atoms with Crippen LogP contribution in [0.2, 0.25) is 0 Å². The molecule has 1 nitrogen and oxygen atoms in total. The summed E-state index contributed by atoms with van der Waals surface area (Å²) in [5.74, 6) is -1.94. The van der Waals surface area contributed by atoms with Gasteiger partial charge >= 0.3 is 0 Å². The van der Waals surface area contributed by atoms with Gasteiger partial charge in [-0.2, -0.15) is 0 Å². The molecule has 0 unspecified atom stereocenters. The average molecular weight is 378 g/mol. The lowest BCUT2D eigenvalue weighted by molar-refractivity contribution is 0.295. The maximum Gasteiger partial charge on any atom is 0.172 e. The molecule has 0 aliphatic heterocycles. The minimum atomic E-state index is -0.931. The van der Waals surface area contributed by atoms with Crippen LogP contribution in [0, 0.1) is 27.9 Å². The van der Waals surface area contributed by atoms with Crippen LogP contribution in [-0.2, 0) is 6.61 Å². The first kappa shape index (κ1) is 14.2. The molecule has 100 valence electrons. The molecule has 0 heterocycles. The van der Waals surface area contributed by atoms with E-state index in [9.17, 15) is 13.2 Å². The fourth-order valence-corrected chi connectivity index (χ4v) is 1.92. The van der Waals surface area contributed by atoms with E-state index in [1.807, 2.05) is 0 Å². The van der Waals surface area contributed by atoms with E-state index in [4.69, 9.17) is 4.74 Å². The zero-order valence-corrected chi connectivity index (χ0v) is 12.2. The Morgan fingerprint density at radius 2 is 1.79 bits per heavy atom. The van der Waals surface area contributed by atoms with Crippen LogP contribution < -0.4 is 4.74 Å². The molecule has 0 atom stereocenters. The van der Waals surface area contributed by atoms with Crippen molar-refractivity contribution in [1.82, 2.24) is 0 Å². The molecule has 0 aliphatic carbocycles. The van der Waals surface area contributed by atoms with Gasteiger partial charge in [0, 0.05) is 11.6 Å². The van der Waals surface area contributed by atoms with Crippen molar-refractivity contribution in [2.75, 3.05) is 0 Å². The maximum atomic E-state index is 13.6. The number of aryl methyl sites for hydroxylation is 1. The lowest BCUT2D eigenvalue weighted by Crippen LogP contribution is -2.02. The van der Waals surface area contributed by atoms with E-state index in [2.05, 4.69) is 0 Å². The van der Waals surface area contributed by atoms with Gasteiger partial charge in [-0.1, -0.05) is 12.1 Å². The summed E-state index contributed by atoms with van der Waals surface area (Å²) in [4.78, 5) is 0. The van der Waals surface area contributed by atoms with Crippen molar-refractivity contribution in [3.8, 4) is 5.75 Å². The Bertz CT molecular complexity index is 614. The average Bonchev–Trinajstić information content (AvgIpc) is 2.39. The van der Waals surface area contributed by atoms with Crippen molar-refractivity contribution in [1.29, 1.82) is 0 Å². The van der Waals surface area contributed by atoms with E-state index in [0.29, 0.717) is 5.56 Å². The molecular weight excluding hydrogens is 368 g/mol. The molecule has 2 aromatic rings. The third-order valence-electron chi connectivity index (χ3n) is 2.65. The van der Waals surface area contributed by atoms with Gasteiger partial charge in [0.25, 0.3) is 0 Å². The lowest BCUT2D eigenvalue weighted by Gasteiger charge is -2.09. The molecule has 2 aromatic carbocycles. The molecule has 0 amide bonds. The van der Waals surface area contributed by atoms with Crippen molar-refractivity contribution in [2.24, 2.45) is 0 Å². The summed E-state index contributed by atoms with van der Waals surface area (Å²) >= 11 is 1.71. The molecular formula is C14H10F3IO. The first-order chi connectivity index (χ1) is 8.99. The summed E-state index contributed by atoms with van der Waals surface area (Å²) in [6.07, 6.45) is 0. The maximum absolute atomic E-state index is 13.6. The van der Waals surface area contributed by atoms with E-state index in [1.165, 1.54) is 18.2 Å². The molecule has 19 heavy (non-hydrogen) atoms. The summed E-state index contributed by atoms with van der Waals surface area (Å²) in [6.45, 7) is 1.48. The Balaban J connectivity index is 2.14. The number of rotatable bonds is 3. The Labute approximate surface area is 122 Å². The van der Waals surface area contributed by atoms with Gasteiger partial charge < -0.3 is 4.74 Å². The smallest absolute Gasteiger partial charge is 0.172 e. The van der Waals surface area contributed by atoms with Crippen molar-refractivity contribution >= 4 is 22.6 Å². The highest BCUT2D eigenvalue weighted by atomic mass is 127. The molecule has 5 heteroatoms. The highest BCUT2D eigenvalue weighted by Crippen LogP contribution is 2.21. The van der Waals surface area contributed by atoms with Crippen LogP contribution in [0.15, 0.2) is 30.3 Å². The summed E-state index contributed by atoms with van der Waals surface area (Å²) in [6, 6.07) is 7.28. The van der Waals surface area contributed by atoms with Gasteiger partial charge in [-0.15, -0.1) is 0 Å². The minimum Gasteiger partial charge on any atom is -0.489 e. The van der Waals surface area contributed by atoms with E-state index in [-0.39, 0.29) is 21.5 Å². The highest BCUT2D eigenvalue weighted by molar-refractivity contribution is 14.1. The number of halogens is 4. The van der Waals surface area contributed by atoms with E-state index >= 15 is 0 Å². The third-order valence-corrected chi connectivity index (χ3v) is 3.49. The van der Waals surface area contributed by atoms with Crippen LogP contribution in [0.1, 0.15) is 11.1 Å². The summed E-state index contributed by atoms with van der Waals surface area (Å²) < 4.78 is 45.7. The van der Waals surface area contributed by atoms with Crippen LogP contribution in [0.5, 0.6) is 5.75 Å². The van der Waals surface area contributed by atoms with Crippen LogP contribution in [-0.4, -0.2) is 0 Å². The number of ether oxygens (including phenoxy) is 1. The van der Waals surface area contributed by atoms with Gasteiger partial charge in [0.05, 0.1) is 3.57 Å². The molecule has 0 N–H and O–H groups in total. The monoisotopic (exact) mass is 378 g/mol. The minimum absolute atomic E-state index is 0.0962. The number of benzene rings is 2. The van der Waals surface area contributed by atoms with Crippen molar-refractivity contribution in [2.45, 2.75) is 13.5 Å². The zero-order valence-electron chi connectivity index (χ0n) is 10.0. The fourth-order valence-electron chi connectivity index (χ4n) is 1.50. The Morgan fingerprint density at radius 1 is 1.05 bits per heavy atom. The molecule has 0 spiro atoms. The second kappa shape index (κ2) is 5.81. The normalized spacial score (nSPS) is 10.6. The molecule has 0 saturated heterocycles. The first-order valence-corrected chi connectivity index (χ1v) is 6.58. The Kier molecular flexibility index (Phi) is 4.34. The molecule has 0 saturated carbocycles. The largest absolute Gasteiger partial charge is 0.489 e. The predicted molar refractivity (Wildman–Crippen MR) is 74.5 cm³/mol. The first-order valence-electron chi connectivity index (χ1n) is 5.50. The summed E-state index contributed by atoms with van der Waals surface area (Å²) in [5.41, 5.74) is 0.595. The Morgan fingerprint density at radius 3 is 2.47 bits per heavy atom. The molecule has 0 bridgehead atoms. The second-order valence-electron chi connectivity index (χ2n) is 4.03. The lowest BCUT2D eigenvalue weighted by atomic mass is 10.2. The third kappa shape index (κ3) is 3.20. The second-order valence-corrected chi connectivity index (χ2v) is 5.20. The SMILES string of the molecule is Cc1ccc(OCc2ccc(I)c(F)c2F)cc1F. The van der Waals surface area contributed by atoms with Crippen molar-refractivity contribution < 1.29 is 17.9 Å². The van der Waals surface area contributed by atoms with Gasteiger partial charge in [-0.05, 0) is 47.2 Å². The quantitative estimate of drug-likeness (QED) is 0.561. The molecule has 2 rings (SSSR count). The highest BCUT2D eigenvalue weighted by Gasteiger charge is 2.12. The van der Waals surface area contributed by atoms with E-state index in [0.717, 1.165) is 0 Å². The van der Waals surface area contributed by atoms with Gasteiger partial charge in [-0.3, -0.25) is 0 Å². The number of hydrogen-bond acceptors (Lipinski definition) is 1. The molecule has 0 aromatic heterocycles. The van der Waals surface area contributed by atoms with E-state index in [1.54, 1.807) is 41.6 Å². The topological polar surface area (TPSA) is 9.23 Å². The van der Waals surface area contributed by atoms with Crippen LogP contribution in [0.4, 0.5) is 13.2 Å². The number of hydrogen-bond donors (Lipinski definition) is 0. The Hall–Kier alpha value is -1.24. The van der Waals surface area contributed by atoms with Crippen molar-refractivity contribution in [3.05, 3.63) is 62.5 Å². The molecule has 0 aliphatic rings. The van der Waals surface area contributed by atoms with Crippen LogP contribution in [0.25, 0.3) is 0 Å². The standard InChI is InChI=1S/C14H10F3IO/c1-8-2-4-10(6-11(8)15)19-7-9-3-5-12(18)14(17)13(9)16/h2-6H,7H2,1H3.